The first-order chi connectivity index (χ1) is 11.9. The average molecular weight is 364 g/mol. The second-order valence-electron chi connectivity index (χ2n) is 5.50. The van der Waals surface area contributed by atoms with E-state index in [2.05, 4.69) is 11.4 Å². The summed E-state index contributed by atoms with van der Waals surface area (Å²) >= 11 is 5.57. The summed E-state index contributed by atoms with van der Waals surface area (Å²) in [5.74, 6) is -1.13. The summed E-state index contributed by atoms with van der Waals surface area (Å²) in [6.45, 7) is 3.49. The summed E-state index contributed by atoms with van der Waals surface area (Å²) < 4.78 is 5.14. The minimum absolute atomic E-state index is 0.0453. The Labute approximate surface area is 150 Å². The molecule has 1 aromatic rings. The number of ether oxygens (including phenoxy) is 1. The van der Waals surface area contributed by atoms with Gasteiger partial charge in [-0.2, -0.15) is 10.5 Å². The third kappa shape index (κ3) is 4.00. The molecule has 7 nitrogen and oxygen atoms in total. The number of allylic oxidation sites excluding steroid dienone is 3. The fourth-order valence-corrected chi connectivity index (χ4v) is 2.88. The number of halogens is 1. The SMILES string of the molecule is CC1=C(C#N)C(c2cccc([NH+]([O-])O)c2)C(C(=O)OCCCl)=C(C)N1. The van der Waals surface area contributed by atoms with E-state index in [9.17, 15) is 20.5 Å². The zero-order valence-corrected chi connectivity index (χ0v) is 14.6. The van der Waals surface area contributed by atoms with Gasteiger partial charge in [0.15, 0.2) is 5.69 Å². The van der Waals surface area contributed by atoms with Crippen LogP contribution in [0.4, 0.5) is 5.69 Å². The maximum Gasteiger partial charge on any atom is 0.336 e. The highest BCUT2D eigenvalue weighted by atomic mass is 35.5. The molecule has 2 atom stereocenters. The van der Waals surface area contributed by atoms with Crippen molar-refractivity contribution in [3.8, 4) is 6.07 Å². The molecule has 0 saturated heterocycles. The molecule has 1 aliphatic heterocycles. The predicted molar refractivity (Wildman–Crippen MR) is 90.8 cm³/mol. The van der Waals surface area contributed by atoms with Crippen molar-refractivity contribution in [3.05, 3.63) is 57.6 Å². The summed E-state index contributed by atoms with van der Waals surface area (Å²) in [4.78, 5) is 12.5. The lowest BCUT2D eigenvalue weighted by atomic mass is 9.81. The van der Waals surface area contributed by atoms with Crippen LogP contribution >= 0.6 is 11.6 Å². The molecule has 0 amide bonds. The summed E-state index contributed by atoms with van der Waals surface area (Å²) in [6, 6.07) is 8.31. The Kier molecular flexibility index (Phi) is 6.17. The second-order valence-corrected chi connectivity index (χ2v) is 5.88. The first-order valence-corrected chi connectivity index (χ1v) is 8.09. The van der Waals surface area contributed by atoms with E-state index in [0.717, 1.165) is 0 Å². The number of carbonyl (C=O) groups excluding carboxylic acids is 1. The highest BCUT2D eigenvalue weighted by molar-refractivity contribution is 6.18. The lowest BCUT2D eigenvalue weighted by Crippen LogP contribution is -2.99. The van der Waals surface area contributed by atoms with Crippen LogP contribution in [-0.4, -0.2) is 23.7 Å². The Morgan fingerprint density at radius 3 is 2.80 bits per heavy atom. The zero-order chi connectivity index (χ0) is 18.6. The van der Waals surface area contributed by atoms with E-state index >= 15 is 0 Å². The van der Waals surface area contributed by atoms with Crippen molar-refractivity contribution in [2.75, 3.05) is 12.5 Å². The molecule has 1 aromatic carbocycles. The van der Waals surface area contributed by atoms with Crippen LogP contribution < -0.4 is 10.5 Å². The van der Waals surface area contributed by atoms with Crippen LogP contribution in [0, 0.1) is 16.5 Å². The second kappa shape index (κ2) is 8.14. The standard InChI is InChI=1S/C17H18ClN3O4/c1-10-14(9-19)16(12-4-3-5-13(8-12)21(23)24)15(11(2)20-10)17(22)25-7-6-18/h3-5,8,16,20-21,23H,6-7H2,1-2H3. The lowest BCUT2D eigenvalue weighted by molar-refractivity contribution is -0.991. The van der Waals surface area contributed by atoms with Gasteiger partial charge < -0.3 is 15.3 Å². The molecule has 0 aromatic heterocycles. The first kappa shape index (κ1) is 19.0. The van der Waals surface area contributed by atoms with Crippen LogP contribution in [0.3, 0.4) is 0 Å². The number of carbonyl (C=O) groups is 1. The van der Waals surface area contributed by atoms with E-state index in [1.54, 1.807) is 26.0 Å². The molecule has 3 N–H and O–H groups in total. The Hall–Kier alpha value is -2.37. The van der Waals surface area contributed by atoms with E-state index in [-0.39, 0.29) is 23.7 Å². The number of alkyl halides is 1. The molecule has 0 saturated carbocycles. The summed E-state index contributed by atoms with van der Waals surface area (Å²) in [6.07, 6.45) is 0. The molecule has 0 radical (unpaired) electrons. The molecule has 25 heavy (non-hydrogen) atoms. The molecular weight excluding hydrogens is 346 g/mol. The number of rotatable bonds is 5. The van der Waals surface area contributed by atoms with Crippen LogP contribution in [0.1, 0.15) is 25.3 Å². The van der Waals surface area contributed by atoms with Crippen LogP contribution in [0.2, 0.25) is 0 Å². The Morgan fingerprint density at radius 1 is 1.48 bits per heavy atom. The number of nitrogens with zero attached hydrogens (tertiary/aromatic N) is 1. The van der Waals surface area contributed by atoms with Crippen LogP contribution in [0.15, 0.2) is 46.8 Å². The lowest BCUT2D eigenvalue weighted by Gasteiger charge is -2.28. The number of dihydropyridines is 1. The molecular formula is C17H18ClN3O4. The van der Waals surface area contributed by atoms with Crippen LogP contribution in [0.25, 0.3) is 0 Å². The first-order valence-electron chi connectivity index (χ1n) is 7.55. The number of benzene rings is 1. The van der Waals surface area contributed by atoms with Crippen molar-refractivity contribution in [1.82, 2.24) is 5.32 Å². The van der Waals surface area contributed by atoms with Crippen LogP contribution in [0.5, 0.6) is 0 Å². The van der Waals surface area contributed by atoms with E-state index in [0.29, 0.717) is 22.5 Å². The predicted octanol–water partition coefficient (Wildman–Crippen LogP) is 1.63. The molecule has 2 rings (SSSR count). The number of nitrogens with one attached hydrogen (secondary N) is 2. The average Bonchev–Trinajstić information content (AvgIpc) is 2.59. The van der Waals surface area contributed by atoms with Gasteiger partial charge in [-0.05, 0) is 19.4 Å². The van der Waals surface area contributed by atoms with Crippen molar-refractivity contribution in [3.63, 3.8) is 0 Å². The normalized spacial score (nSPS) is 18.5. The summed E-state index contributed by atoms with van der Waals surface area (Å²) in [5, 5.41) is 32.0. The van der Waals surface area contributed by atoms with Crippen LogP contribution in [-0.2, 0) is 9.53 Å². The molecule has 1 heterocycles. The molecule has 132 valence electrons. The summed E-state index contributed by atoms with van der Waals surface area (Å²) in [5.41, 5.74) is 2.40. The van der Waals surface area contributed by atoms with Gasteiger partial charge in [-0.15, -0.1) is 11.6 Å². The number of hydrogen-bond acceptors (Lipinski definition) is 6. The largest absolute Gasteiger partial charge is 0.595 e. The van der Waals surface area contributed by atoms with Gasteiger partial charge in [0.25, 0.3) is 0 Å². The number of nitriles is 1. The minimum atomic E-state index is -1.08. The zero-order valence-electron chi connectivity index (χ0n) is 13.8. The molecule has 0 aliphatic carbocycles. The molecule has 0 bridgehead atoms. The van der Waals surface area contributed by atoms with E-state index < -0.39 is 17.1 Å². The monoisotopic (exact) mass is 363 g/mol. The molecule has 8 heteroatoms. The van der Waals surface area contributed by atoms with E-state index in [1.165, 1.54) is 12.1 Å². The van der Waals surface area contributed by atoms with E-state index in [1.807, 2.05) is 0 Å². The molecule has 0 spiro atoms. The quantitative estimate of drug-likeness (QED) is 0.416. The number of esters is 1. The van der Waals surface area contributed by atoms with Gasteiger partial charge in [-0.25, -0.2) is 10.0 Å². The Bertz CT molecular complexity index is 780. The summed E-state index contributed by atoms with van der Waals surface area (Å²) in [7, 11) is 0. The molecule has 0 fully saturated rings. The third-order valence-corrected chi connectivity index (χ3v) is 4.03. The van der Waals surface area contributed by atoms with Crippen molar-refractivity contribution in [2.24, 2.45) is 0 Å². The number of quaternary nitrogens is 1. The Morgan fingerprint density at radius 2 is 2.20 bits per heavy atom. The maximum absolute atomic E-state index is 12.5. The third-order valence-electron chi connectivity index (χ3n) is 3.88. The highest BCUT2D eigenvalue weighted by Gasteiger charge is 2.34. The Balaban J connectivity index is 2.57. The molecule has 2 unspecified atom stereocenters. The van der Waals surface area contributed by atoms with Crippen molar-refractivity contribution >= 4 is 23.3 Å². The maximum atomic E-state index is 12.5. The van der Waals surface area contributed by atoms with Crippen molar-refractivity contribution < 1.29 is 20.0 Å². The van der Waals surface area contributed by atoms with Gasteiger partial charge in [0.1, 0.15) is 6.61 Å². The van der Waals surface area contributed by atoms with Crippen molar-refractivity contribution in [2.45, 2.75) is 19.8 Å². The topological polar surface area (TPSA) is 110 Å². The van der Waals surface area contributed by atoms with Gasteiger partial charge in [0, 0.05) is 23.5 Å². The number of hydrogen-bond donors (Lipinski definition) is 3. The fraction of sp³-hybridized carbons (Fsp3) is 0.294. The van der Waals surface area contributed by atoms with Gasteiger partial charge in [0.2, 0.25) is 0 Å². The van der Waals surface area contributed by atoms with Gasteiger partial charge >= 0.3 is 5.97 Å². The fourth-order valence-electron chi connectivity index (χ4n) is 2.81. The molecule has 1 aliphatic rings. The smallest absolute Gasteiger partial charge is 0.336 e. The van der Waals surface area contributed by atoms with Gasteiger partial charge in [-0.3, -0.25) is 0 Å². The highest BCUT2D eigenvalue weighted by Crippen LogP contribution is 2.38. The van der Waals surface area contributed by atoms with Crippen molar-refractivity contribution in [1.29, 1.82) is 5.26 Å². The van der Waals surface area contributed by atoms with Gasteiger partial charge in [-0.1, -0.05) is 12.1 Å². The van der Waals surface area contributed by atoms with Gasteiger partial charge in [0.05, 0.1) is 29.0 Å². The minimum Gasteiger partial charge on any atom is -0.595 e. The van der Waals surface area contributed by atoms with E-state index in [4.69, 9.17) is 16.3 Å².